The summed E-state index contributed by atoms with van der Waals surface area (Å²) in [4.78, 5) is 16.4. The number of aromatic nitrogens is 1. The van der Waals surface area contributed by atoms with Gasteiger partial charge in [-0.3, -0.25) is 4.79 Å². The lowest BCUT2D eigenvalue weighted by molar-refractivity contribution is 0.101. The minimum absolute atomic E-state index is 0.104. The lowest BCUT2D eigenvalue weighted by atomic mass is 10.2. The maximum atomic E-state index is 12.4. The SMILES string of the molecule is COc1cc(O)c(C(=O)Nc2ccc(Oc3ccccc3)cc2)nc1OC. The fourth-order valence-electron chi connectivity index (χ4n) is 2.35. The van der Waals surface area contributed by atoms with E-state index >= 15 is 0 Å². The van der Waals surface area contributed by atoms with Gasteiger partial charge in [-0.05, 0) is 36.4 Å². The van der Waals surface area contributed by atoms with Crippen molar-refractivity contribution in [3.8, 4) is 28.9 Å². The molecule has 3 aromatic rings. The number of aromatic hydroxyl groups is 1. The summed E-state index contributed by atoms with van der Waals surface area (Å²) in [7, 11) is 2.81. The Morgan fingerprint density at radius 1 is 0.963 bits per heavy atom. The summed E-state index contributed by atoms with van der Waals surface area (Å²) in [6.07, 6.45) is 0. The zero-order valence-corrected chi connectivity index (χ0v) is 14.8. The average Bonchev–Trinajstić information content (AvgIpc) is 2.70. The van der Waals surface area contributed by atoms with Crippen LogP contribution in [0.25, 0.3) is 0 Å². The van der Waals surface area contributed by atoms with Crippen molar-refractivity contribution in [1.29, 1.82) is 0 Å². The zero-order valence-electron chi connectivity index (χ0n) is 14.8. The molecule has 27 heavy (non-hydrogen) atoms. The van der Waals surface area contributed by atoms with Crippen molar-refractivity contribution in [1.82, 2.24) is 4.98 Å². The maximum absolute atomic E-state index is 12.4. The Balaban J connectivity index is 1.73. The lowest BCUT2D eigenvalue weighted by Gasteiger charge is -2.11. The molecular weight excluding hydrogens is 348 g/mol. The highest BCUT2D eigenvalue weighted by molar-refractivity contribution is 6.04. The number of carbonyl (C=O) groups excluding carboxylic acids is 1. The second kappa shape index (κ2) is 8.09. The number of para-hydroxylation sites is 1. The van der Waals surface area contributed by atoms with E-state index in [0.29, 0.717) is 17.2 Å². The molecule has 0 fully saturated rings. The first-order valence-corrected chi connectivity index (χ1v) is 8.07. The van der Waals surface area contributed by atoms with E-state index in [1.165, 1.54) is 20.3 Å². The third-order valence-corrected chi connectivity index (χ3v) is 3.65. The number of pyridine rings is 1. The largest absolute Gasteiger partial charge is 0.505 e. The molecule has 0 radical (unpaired) electrons. The molecule has 0 atom stereocenters. The summed E-state index contributed by atoms with van der Waals surface area (Å²) in [6, 6.07) is 17.5. The zero-order chi connectivity index (χ0) is 19.2. The van der Waals surface area contributed by atoms with Gasteiger partial charge in [0.15, 0.2) is 17.2 Å². The number of amides is 1. The number of hydrogen-bond donors (Lipinski definition) is 2. The molecule has 0 aliphatic carbocycles. The monoisotopic (exact) mass is 366 g/mol. The van der Waals surface area contributed by atoms with Crippen LogP contribution in [0.2, 0.25) is 0 Å². The molecule has 7 heteroatoms. The van der Waals surface area contributed by atoms with Gasteiger partial charge in [-0.25, -0.2) is 4.98 Å². The van der Waals surface area contributed by atoms with Crippen molar-refractivity contribution in [3.63, 3.8) is 0 Å². The number of nitrogens with zero attached hydrogens (tertiary/aromatic N) is 1. The van der Waals surface area contributed by atoms with Gasteiger partial charge in [0.1, 0.15) is 11.5 Å². The lowest BCUT2D eigenvalue weighted by Crippen LogP contribution is -2.14. The summed E-state index contributed by atoms with van der Waals surface area (Å²) in [6.45, 7) is 0. The molecule has 7 nitrogen and oxygen atoms in total. The van der Waals surface area contributed by atoms with Crippen molar-refractivity contribution < 1.29 is 24.1 Å². The van der Waals surface area contributed by atoms with E-state index in [1.807, 2.05) is 30.3 Å². The predicted molar refractivity (Wildman–Crippen MR) is 99.9 cm³/mol. The van der Waals surface area contributed by atoms with Crippen molar-refractivity contribution in [2.45, 2.75) is 0 Å². The number of rotatable bonds is 6. The normalized spacial score (nSPS) is 10.1. The molecule has 0 bridgehead atoms. The fourth-order valence-corrected chi connectivity index (χ4v) is 2.35. The van der Waals surface area contributed by atoms with Crippen LogP contribution in [0.5, 0.6) is 28.9 Å². The van der Waals surface area contributed by atoms with Gasteiger partial charge in [0.05, 0.1) is 14.2 Å². The number of benzene rings is 2. The Bertz CT molecular complexity index is 927. The van der Waals surface area contributed by atoms with E-state index in [0.717, 1.165) is 0 Å². The third kappa shape index (κ3) is 4.27. The minimum atomic E-state index is -0.579. The molecule has 0 saturated carbocycles. The molecule has 138 valence electrons. The van der Waals surface area contributed by atoms with Gasteiger partial charge in [0.25, 0.3) is 11.8 Å². The number of anilines is 1. The van der Waals surface area contributed by atoms with Crippen LogP contribution < -0.4 is 19.5 Å². The van der Waals surface area contributed by atoms with Gasteiger partial charge < -0.3 is 24.6 Å². The molecular formula is C20H18N2O5. The number of carbonyl (C=O) groups is 1. The van der Waals surface area contributed by atoms with Crippen LogP contribution in [0.4, 0.5) is 5.69 Å². The van der Waals surface area contributed by atoms with Crippen LogP contribution in [0.3, 0.4) is 0 Å². The van der Waals surface area contributed by atoms with Crippen LogP contribution in [0, 0.1) is 0 Å². The van der Waals surface area contributed by atoms with Crippen molar-refractivity contribution >= 4 is 11.6 Å². The van der Waals surface area contributed by atoms with Gasteiger partial charge in [-0.1, -0.05) is 18.2 Å². The Labute approximate surface area is 156 Å². The van der Waals surface area contributed by atoms with Crippen molar-refractivity contribution in [3.05, 3.63) is 66.4 Å². The first-order chi connectivity index (χ1) is 13.1. The smallest absolute Gasteiger partial charge is 0.278 e. The summed E-state index contributed by atoms with van der Waals surface area (Å²) in [5.41, 5.74) is 0.355. The number of methoxy groups -OCH3 is 2. The summed E-state index contributed by atoms with van der Waals surface area (Å²) in [5.74, 6) is 0.792. The van der Waals surface area contributed by atoms with E-state index in [1.54, 1.807) is 24.3 Å². The Hall–Kier alpha value is -3.74. The van der Waals surface area contributed by atoms with Crippen LogP contribution in [-0.4, -0.2) is 30.2 Å². The van der Waals surface area contributed by atoms with Crippen LogP contribution >= 0.6 is 0 Å². The first-order valence-electron chi connectivity index (χ1n) is 8.07. The van der Waals surface area contributed by atoms with E-state index in [4.69, 9.17) is 14.2 Å². The minimum Gasteiger partial charge on any atom is -0.505 e. The van der Waals surface area contributed by atoms with Crippen molar-refractivity contribution in [2.24, 2.45) is 0 Å². The molecule has 1 amide bonds. The second-order valence-corrected chi connectivity index (χ2v) is 5.46. The van der Waals surface area contributed by atoms with E-state index < -0.39 is 5.91 Å². The van der Waals surface area contributed by atoms with Gasteiger partial charge in [0.2, 0.25) is 0 Å². The van der Waals surface area contributed by atoms with Gasteiger partial charge in [-0.15, -0.1) is 0 Å². The molecule has 2 N–H and O–H groups in total. The fraction of sp³-hybridized carbons (Fsp3) is 0.100. The van der Waals surface area contributed by atoms with E-state index in [9.17, 15) is 9.90 Å². The molecule has 0 saturated heterocycles. The molecule has 0 unspecified atom stereocenters. The Kier molecular flexibility index (Phi) is 5.41. The topological polar surface area (TPSA) is 89.9 Å². The molecule has 1 heterocycles. The third-order valence-electron chi connectivity index (χ3n) is 3.65. The highest BCUT2D eigenvalue weighted by Crippen LogP contribution is 2.31. The molecule has 0 spiro atoms. The summed E-state index contributed by atoms with van der Waals surface area (Å²) >= 11 is 0. The number of nitrogens with one attached hydrogen (secondary N) is 1. The highest BCUT2D eigenvalue weighted by Gasteiger charge is 2.18. The number of hydrogen-bond acceptors (Lipinski definition) is 6. The quantitative estimate of drug-likeness (QED) is 0.689. The molecule has 0 aliphatic heterocycles. The van der Waals surface area contributed by atoms with Crippen LogP contribution in [-0.2, 0) is 0 Å². The van der Waals surface area contributed by atoms with Gasteiger partial charge >= 0.3 is 0 Å². The molecule has 3 rings (SSSR count). The van der Waals surface area contributed by atoms with E-state index in [2.05, 4.69) is 10.3 Å². The molecule has 2 aromatic carbocycles. The first kappa shape index (κ1) is 18.1. The molecule has 0 aliphatic rings. The summed E-state index contributed by atoms with van der Waals surface area (Å²) in [5, 5.41) is 12.7. The van der Waals surface area contributed by atoms with E-state index in [-0.39, 0.29) is 23.1 Å². The Morgan fingerprint density at radius 3 is 2.26 bits per heavy atom. The van der Waals surface area contributed by atoms with Crippen LogP contribution in [0.15, 0.2) is 60.7 Å². The maximum Gasteiger partial charge on any atom is 0.278 e. The Morgan fingerprint density at radius 2 is 1.63 bits per heavy atom. The van der Waals surface area contributed by atoms with Crippen LogP contribution in [0.1, 0.15) is 10.5 Å². The average molecular weight is 366 g/mol. The summed E-state index contributed by atoms with van der Waals surface area (Å²) < 4.78 is 15.8. The van der Waals surface area contributed by atoms with Crippen molar-refractivity contribution in [2.75, 3.05) is 19.5 Å². The number of ether oxygens (including phenoxy) is 3. The predicted octanol–water partition coefficient (Wildman–Crippen LogP) is 3.85. The van der Waals surface area contributed by atoms with Gasteiger partial charge in [0, 0.05) is 11.8 Å². The van der Waals surface area contributed by atoms with Gasteiger partial charge in [-0.2, -0.15) is 0 Å². The second-order valence-electron chi connectivity index (χ2n) is 5.46. The standard InChI is InChI=1S/C20H18N2O5/c1-25-17-12-16(23)18(22-20(17)26-2)19(24)21-13-8-10-15(11-9-13)27-14-6-4-3-5-7-14/h3-12,23H,1-2H3,(H,21,24). The highest BCUT2D eigenvalue weighted by atomic mass is 16.5. The molecule has 1 aromatic heterocycles.